The van der Waals surface area contributed by atoms with Crippen molar-refractivity contribution in [3.05, 3.63) is 59.4 Å². The first-order valence-electron chi connectivity index (χ1n) is 6.08. The smallest absolute Gasteiger partial charge is 0.387 e. The molecule has 0 spiro atoms. The van der Waals surface area contributed by atoms with Crippen molar-refractivity contribution in [1.82, 2.24) is 0 Å². The van der Waals surface area contributed by atoms with E-state index in [1.165, 1.54) is 37.4 Å². The Kier molecular flexibility index (Phi) is 4.70. The zero-order valence-electron chi connectivity index (χ0n) is 11.1. The Morgan fingerprint density at radius 2 is 1.76 bits per heavy atom. The maximum atomic E-state index is 13.6. The van der Waals surface area contributed by atoms with Gasteiger partial charge in [-0.25, -0.2) is 4.39 Å². The highest BCUT2D eigenvalue weighted by atomic mass is 19.3. The minimum absolute atomic E-state index is 0.0306. The fourth-order valence-electron chi connectivity index (χ4n) is 1.94. The van der Waals surface area contributed by atoms with Crippen LogP contribution in [0.4, 0.5) is 13.2 Å². The van der Waals surface area contributed by atoms with Gasteiger partial charge in [-0.15, -0.1) is 0 Å². The van der Waals surface area contributed by atoms with Gasteiger partial charge in [-0.2, -0.15) is 8.78 Å². The molecule has 0 radical (unpaired) electrons. The first-order valence-corrected chi connectivity index (χ1v) is 6.08. The lowest BCUT2D eigenvalue weighted by atomic mass is 10.0. The summed E-state index contributed by atoms with van der Waals surface area (Å²) in [6.45, 7) is -3.01. The van der Waals surface area contributed by atoms with Crippen LogP contribution in [0.25, 0.3) is 0 Å². The fourth-order valence-corrected chi connectivity index (χ4v) is 1.94. The van der Waals surface area contributed by atoms with Crippen molar-refractivity contribution in [3.8, 4) is 11.5 Å². The van der Waals surface area contributed by atoms with Crippen LogP contribution in [0.15, 0.2) is 42.5 Å². The van der Waals surface area contributed by atoms with E-state index in [9.17, 15) is 18.3 Å². The second kappa shape index (κ2) is 6.49. The lowest BCUT2D eigenvalue weighted by molar-refractivity contribution is -0.0512. The second-order valence-corrected chi connectivity index (χ2v) is 4.21. The SMILES string of the molecule is COc1ccc(C(O)c2ccccc2OC(F)F)cc1F. The Morgan fingerprint density at radius 3 is 2.38 bits per heavy atom. The third-order valence-electron chi connectivity index (χ3n) is 2.92. The van der Waals surface area contributed by atoms with Crippen LogP contribution in [0.2, 0.25) is 0 Å². The standard InChI is InChI=1S/C15H13F3O3/c1-20-13-7-6-9(8-11(13)16)14(19)10-4-2-3-5-12(10)21-15(17)18/h2-8,14-15,19H,1H3. The van der Waals surface area contributed by atoms with E-state index in [2.05, 4.69) is 4.74 Å². The summed E-state index contributed by atoms with van der Waals surface area (Å²) in [7, 11) is 1.32. The maximum Gasteiger partial charge on any atom is 0.387 e. The highest BCUT2D eigenvalue weighted by Crippen LogP contribution is 2.32. The summed E-state index contributed by atoms with van der Waals surface area (Å²) in [5.74, 6) is -0.777. The molecule has 3 nitrogen and oxygen atoms in total. The summed E-state index contributed by atoms with van der Waals surface area (Å²) in [5.41, 5.74) is 0.334. The van der Waals surface area contributed by atoms with Crippen LogP contribution < -0.4 is 9.47 Å². The fraction of sp³-hybridized carbons (Fsp3) is 0.200. The number of ether oxygens (including phenoxy) is 2. The summed E-state index contributed by atoms with van der Waals surface area (Å²) in [4.78, 5) is 0. The number of benzene rings is 2. The molecule has 0 amide bonds. The zero-order chi connectivity index (χ0) is 15.4. The summed E-state index contributed by atoms with van der Waals surface area (Å²) < 4.78 is 47.5. The Morgan fingerprint density at radius 1 is 1.05 bits per heavy atom. The quantitative estimate of drug-likeness (QED) is 0.918. The molecule has 2 rings (SSSR count). The molecule has 6 heteroatoms. The van der Waals surface area contributed by atoms with Crippen molar-refractivity contribution in [2.75, 3.05) is 7.11 Å². The number of aliphatic hydroxyl groups excluding tert-OH is 1. The molecule has 1 atom stereocenters. The number of aliphatic hydroxyl groups is 1. The van der Waals surface area contributed by atoms with Crippen LogP contribution in [-0.4, -0.2) is 18.8 Å². The third kappa shape index (κ3) is 3.46. The molecule has 2 aromatic carbocycles. The maximum absolute atomic E-state index is 13.6. The minimum atomic E-state index is -3.01. The van der Waals surface area contributed by atoms with Crippen molar-refractivity contribution in [3.63, 3.8) is 0 Å². The van der Waals surface area contributed by atoms with E-state index in [1.807, 2.05) is 0 Å². The minimum Gasteiger partial charge on any atom is -0.494 e. The molecule has 2 aromatic rings. The van der Waals surface area contributed by atoms with E-state index < -0.39 is 18.5 Å². The number of hydrogen-bond acceptors (Lipinski definition) is 3. The van der Waals surface area contributed by atoms with Crippen molar-refractivity contribution < 1.29 is 27.8 Å². The molecular formula is C15H13F3O3. The molecule has 112 valence electrons. The van der Waals surface area contributed by atoms with Crippen molar-refractivity contribution in [1.29, 1.82) is 0 Å². The molecule has 0 aliphatic rings. The van der Waals surface area contributed by atoms with Gasteiger partial charge in [-0.3, -0.25) is 0 Å². The van der Waals surface area contributed by atoms with E-state index in [1.54, 1.807) is 6.07 Å². The monoisotopic (exact) mass is 298 g/mol. The van der Waals surface area contributed by atoms with E-state index in [0.29, 0.717) is 0 Å². The van der Waals surface area contributed by atoms with Gasteiger partial charge in [0.2, 0.25) is 0 Å². The summed E-state index contributed by atoms with van der Waals surface area (Å²) in [5, 5.41) is 10.2. The first-order chi connectivity index (χ1) is 10.0. The highest BCUT2D eigenvalue weighted by Gasteiger charge is 2.18. The molecule has 0 saturated carbocycles. The topological polar surface area (TPSA) is 38.7 Å². The predicted molar refractivity (Wildman–Crippen MR) is 70.1 cm³/mol. The molecule has 0 aliphatic heterocycles. The number of methoxy groups -OCH3 is 1. The van der Waals surface area contributed by atoms with Crippen LogP contribution in [-0.2, 0) is 0 Å². The number of alkyl halides is 2. The molecule has 21 heavy (non-hydrogen) atoms. The van der Waals surface area contributed by atoms with Crippen molar-refractivity contribution in [2.45, 2.75) is 12.7 Å². The Bertz CT molecular complexity index is 617. The van der Waals surface area contributed by atoms with E-state index >= 15 is 0 Å². The number of halogens is 3. The molecule has 1 unspecified atom stereocenters. The number of para-hydroxylation sites is 1. The van der Waals surface area contributed by atoms with Crippen LogP contribution in [0.1, 0.15) is 17.2 Å². The van der Waals surface area contributed by atoms with Crippen LogP contribution in [0, 0.1) is 5.82 Å². The third-order valence-corrected chi connectivity index (χ3v) is 2.92. The lowest BCUT2D eigenvalue weighted by Crippen LogP contribution is -2.08. The van der Waals surface area contributed by atoms with Gasteiger partial charge in [0.25, 0.3) is 0 Å². The summed E-state index contributed by atoms with van der Waals surface area (Å²) >= 11 is 0. The van der Waals surface area contributed by atoms with Gasteiger partial charge < -0.3 is 14.6 Å². The zero-order valence-corrected chi connectivity index (χ0v) is 11.1. The highest BCUT2D eigenvalue weighted by molar-refractivity contribution is 5.41. The number of hydrogen-bond donors (Lipinski definition) is 1. The van der Waals surface area contributed by atoms with Gasteiger partial charge in [0.05, 0.1) is 7.11 Å². The van der Waals surface area contributed by atoms with Gasteiger partial charge in [0.15, 0.2) is 11.6 Å². The van der Waals surface area contributed by atoms with Crippen LogP contribution in [0.5, 0.6) is 11.5 Å². The molecule has 1 N–H and O–H groups in total. The lowest BCUT2D eigenvalue weighted by Gasteiger charge is -2.16. The van der Waals surface area contributed by atoms with Gasteiger partial charge in [-0.05, 0) is 23.8 Å². The molecule has 0 fully saturated rings. The predicted octanol–water partition coefficient (Wildman–Crippen LogP) is 3.52. The van der Waals surface area contributed by atoms with E-state index in [0.717, 1.165) is 6.07 Å². The Labute approximate surface area is 119 Å². The Balaban J connectivity index is 2.35. The first kappa shape index (κ1) is 15.2. The summed E-state index contributed by atoms with van der Waals surface area (Å²) in [6, 6.07) is 9.70. The van der Waals surface area contributed by atoms with E-state index in [-0.39, 0.29) is 22.6 Å². The van der Waals surface area contributed by atoms with Gasteiger partial charge in [-0.1, -0.05) is 24.3 Å². The Hall–Kier alpha value is -2.21. The van der Waals surface area contributed by atoms with Gasteiger partial charge in [0.1, 0.15) is 11.9 Å². The van der Waals surface area contributed by atoms with E-state index in [4.69, 9.17) is 4.74 Å². The normalized spacial score (nSPS) is 12.3. The molecule has 0 bridgehead atoms. The number of rotatable bonds is 5. The average molecular weight is 298 g/mol. The molecule has 0 aromatic heterocycles. The average Bonchev–Trinajstić information content (AvgIpc) is 2.46. The van der Waals surface area contributed by atoms with Crippen molar-refractivity contribution in [2.24, 2.45) is 0 Å². The van der Waals surface area contributed by atoms with Gasteiger partial charge >= 0.3 is 6.61 Å². The van der Waals surface area contributed by atoms with Crippen LogP contribution >= 0.6 is 0 Å². The molecule has 0 aliphatic carbocycles. The van der Waals surface area contributed by atoms with Gasteiger partial charge in [0, 0.05) is 5.56 Å². The largest absolute Gasteiger partial charge is 0.494 e. The molecule has 0 heterocycles. The molecular weight excluding hydrogens is 285 g/mol. The van der Waals surface area contributed by atoms with Crippen LogP contribution in [0.3, 0.4) is 0 Å². The second-order valence-electron chi connectivity index (χ2n) is 4.21. The molecule has 0 saturated heterocycles. The summed E-state index contributed by atoms with van der Waals surface area (Å²) in [6.07, 6.45) is -1.29. The van der Waals surface area contributed by atoms with Crippen molar-refractivity contribution >= 4 is 0 Å².